The van der Waals surface area contributed by atoms with Gasteiger partial charge in [0.25, 0.3) is 0 Å². The van der Waals surface area contributed by atoms with Gasteiger partial charge in [0, 0.05) is 32.2 Å². The monoisotopic (exact) mass is 382 g/mol. The molecule has 1 amide bonds. The van der Waals surface area contributed by atoms with Gasteiger partial charge in [0.05, 0.1) is 25.0 Å². The predicted molar refractivity (Wildman–Crippen MR) is 96.8 cm³/mol. The Hall–Kier alpha value is -1.80. The van der Waals surface area contributed by atoms with Crippen LogP contribution in [0.15, 0.2) is 23.1 Å². The summed E-state index contributed by atoms with van der Waals surface area (Å²) in [4.78, 5) is 14.7. The topological polar surface area (TPSA) is 76.2 Å². The van der Waals surface area contributed by atoms with Gasteiger partial charge in [-0.25, -0.2) is 8.42 Å². The number of sulfonamides is 1. The minimum absolute atomic E-state index is 0.0923. The van der Waals surface area contributed by atoms with Crippen LogP contribution in [0.2, 0.25) is 0 Å². The Kier molecular flexibility index (Phi) is 5.72. The number of nitrogens with zero attached hydrogens (tertiary/aromatic N) is 2. The first-order valence-corrected chi connectivity index (χ1v) is 10.4. The standard InChI is InChI=1S/C18H26N2O5S/c1-24-16-8-7-15(12-17(16)25-2)26(22,23)20-11-5-6-14(13-20)18(21)19-9-3-4-10-19/h7-8,12,14H,3-6,9-11,13H2,1-2H3/t14-/m0/s1. The van der Waals surface area contributed by atoms with E-state index < -0.39 is 10.0 Å². The Morgan fingerprint density at radius 2 is 1.73 bits per heavy atom. The smallest absolute Gasteiger partial charge is 0.243 e. The molecule has 0 radical (unpaired) electrons. The van der Waals surface area contributed by atoms with E-state index >= 15 is 0 Å². The van der Waals surface area contributed by atoms with Crippen LogP contribution in [0, 0.1) is 5.92 Å². The highest BCUT2D eigenvalue weighted by molar-refractivity contribution is 7.89. The number of likely N-dealkylation sites (tertiary alicyclic amines) is 1. The molecule has 2 aliphatic rings. The summed E-state index contributed by atoms with van der Waals surface area (Å²) in [5.74, 6) is 0.689. The van der Waals surface area contributed by atoms with E-state index in [0.717, 1.165) is 32.4 Å². The molecule has 2 saturated heterocycles. The van der Waals surface area contributed by atoms with E-state index in [1.807, 2.05) is 4.90 Å². The van der Waals surface area contributed by atoms with Crippen LogP contribution in [-0.2, 0) is 14.8 Å². The van der Waals surface area contributed by atoms with Crippen molar-refractivity contribution in [3.05, 3.63) is 18.2 Å². The van der Waals surface area contributed by atoms with E-state index in [4.69, 9.17) is 9.47 Å². The van der Waals surface area contributed by atoms with Gasteiger partial charge in [-0.15, -0.1) is 0 Å². The van der Waals surface area contributed by atoms with E-state index in [1.165, 1.54) is 30.7 Å². The number of carbonyl (C=O) groups is 1. The Morgan fingerprint density at radius 1 is 1.04 bits per heavy atom. The average molecular weight is 382 g/mol. The Bertz CT molecular complexity index is 759. The molecule has 1 aromatic carbocycles. The number of amides is 1. The highest BCUT2D eigenvalue weighted by atomic mass is 32.2. The van der Waals surface area contributed by atoms with Crippen molar-refractivity contribution in [2.45, 2.75) is 30.6 Å². The molecule has 0 aromatic heterocycles. The lowest BCUT2D eigenvalue weighted by Gasteiger charge is -2.33. The number of hydrogen-bond acceptors (Lipinski definition) is 5. The summed E-state index contributed by atoms with van der Waals surface area (Å²) >= 11 is 0. The molecule has 3 rings (SSSR count). The number of hydrogen-bond donors (Lipinski definition) is 0. The molecule has 7 nitrogen and oxygen atoms in total. The summed E-state index contributed by atoms with van der Waals surface area (Å²) in [5, 5.41) is 0. The fourth-order valence-electron chi connectivity index (χ4n) is 3.68. The van der Waals surface area contributed by atoms with E-state index in [0.29, 0.717) is 24.5 Å². The Labute approximate surface area is 154 Å². The van der Waals surface area contributed by atoms with Crippen molar-refractivity contribution in [3.63, 3.8) is 0 Å². The molecule has 2 fully saturated rings. The van der Waals surface area contributed by atoms with Gasteiger partial charge in [-0.3, -0.25) is 4.79 Å². The zero-order valence-electron chi connectivity index (χ0n) is 15.3. The highest BCUT2D eigenvalue weighted by Crippen LogP contribution is 2.32. The predicted octanol–water partition coefficient (Wildman–Crippen LogP) is 1.73. The van der Waals surface area contributed by atoms with Crippen molar-refractivity contribution in [3.8, 4) is 11.5 Å². The van der Waals surface area contributed by atoms with Crippen molar-refractivity contribution >= 4 is 15.9 Å². The molecule has 0 spiro atoms. The summed E-state index contributed by atoms with van der Waals surface area (Å²) in [6, 6.07) is 4.57. The molecule has 26 heavy (non-hydrogen) atoms. The molecular weight excluding hydrogens is 356 g/mol. The van der Waals surface area contributed by atoms with Gasteiger partial charge in [0.15, 0.2) is 11.5 Å². The number of benzene rings is 1. The Morgan fingerprint density at radius 3 is 2.38 bits per heavy atom. The molecule has 2 aliphatic heterocycles. The third-order valence-electron chi connectivity index (χ3n) is 5.14. The second-order valence-corrected chi connectivity index (χ2v) is 8.69. The SMILES string of the molecule is COc1ccc(S(=O)(=O)N2CCC[C@H](C(=O)N3CCCC3)C2)cc1OC. The molecule has 8 heteroatoms. The first-order valence-electron chi connectivity index (χ1n) is 8.98. The molecule has 1 atom stereocenters. The van der Waals surface area contributed by atoms with Crippen molar-refractivity contribution in [2.24, 2.45) is 5.92 Å². The van der Waals surface area contributed by atoms with E-state index in [9.17, 15) is 13.2 Å². The molecule has 0 aliphatic carbocycles. The molecule has 144 valence electrons. The first-order chi connectivity index (χ1) is 12.5. The van der Waals surface area contributed by atoms with Crippen molar-refractivity contribution in [1.29, 1.82) is 0 Å². The molecule has 0 N–H and O–H groups in total. The lowest BCUT2D eigenvalue weighted by atomic mass is 9.98. The lowest BCUT2D eigenvalue weighted by Crippen LogP contribution is -2.46. The van der Waals surface area contributed by atoms with Crippen LogP contribution in [-0.4, -0.2) is 63.9 Å². The second-order valence-electron chi connectivity index (χ2n) is 6.75. The van der Waals surface area contributed by atoms with E-state index in [-0.39, 0.29) is 23.3 Å². The van der Waals surface area contributed by atoms with Crippen LogP contribution in [0.25, 0.3) is 0 Å². The fraction of sp³-hybridized carbons (Fsp3) is 0.611. The van der Waals surface area contributed by atoms with E-state index in [2.05, 4.69) is 0 Å². The van der Waals surface area contributed by atoms with Gasteiger partial charge < -0.3 is 14.4 Å². The largest absolute Gasteiger partial charge is 0.493 e. The molecule has 0 bridgehead atoms. The average Bonchev–Trinajstić information content (AvgIpc) is 3.21. The van der Waals surface area contributed by atoms with Crippen LogP contribution in [0.4, 0.5) is 0 Å². The third kappa shape index (κ3) is 3.66. The van der Waals surface area contributed by atoms with Gasteiger partial charge in [0.1, 0.15) is 0 Å². The minimum atomic E-state index is -3.68. The molecule has 2 heterocycles. The molecule has 1 aromatic rings. The van der Waals surface area contributed by atoms with Crippen molar-refractivity contribution < 1.29 is 22.7 Å². The van der Waals surface area contributed by atoms with Crippen LogP contribution < -0.4 is 9.47 Å². The van der Waals surface area contributed by atoms with Crippen LogP contribution >= 0.6 is 0 Å². The minimum Gasteiger partial charge on any atom is -0.493 e. The lowest BCUT2D eigenvalue weighted by molar-refractivity contribution is -0.135. The third-order valence-corrected chi connectivity index (χ3v) is 7.01. The highest BCUT2D eigenvalue weighted by Gasteiger charge is 2.35. The normalized spacial score (nSPS) is 21.6. The fourth-order valence-corrected chi connectivity index (χ4v) is 5.22. The van der Waals surface area contributed by atoms with Gasteiger partial charge in [-0.2, -0.15) is 4.31 Å². The van der Waals surface area contributed by atoms with Crippen LogP contribution in [0.3, 0.4) is 0 Å². The van der Waals surface area contributed by atoms with Crippen molar-refractivity contribution in [2.75, 3.05) is 40.4 Å². The zero-order chi connectivity index (χ0) is 18.7. The molecule has 0 saturated carbocycles. The van der Waals surface area contributed by atoms with Gasteiger partial charge in [0.2, 0.25) is 15.9 Å². The zero-order valence-corrected chi connectivity index (χ0v) is 16.1. The number of carbonyl (C=O) groups excluding carboxylic acids is 1. The first kappa shape index (κ1) is 19.0. The summed E-state index contributed by atoms with van der Waals surface area (Å²) in [7, 11) is -0.705. The maximum Gasteiger partial charge on any atom is 0.243 e. The van der Waals surface area contributed by atoms with Gasteiger partial charge >= 0.3 is 0 Å². The molecule has 0 unspecified atom stereocenters. The van der Waals surface area contributed by atoms with Gasteiger partial charge in [-0.05, 0) is 37.8 Å². The number of ether oxygens (including phenoxy) is 2. The second kappa shape index (κ2) is 7.84. The van der Waals surface area contributed by atoms with E-state index in [1.54, 1.807) is 6.07 Å². The number of rotatable bonds is 5. The van der Waals surface area contributed by atoms with Crippen LogP contribution in [0.5, 0.6) is 11.5 Å². The summed E-state index contributed by atoms with van der Waals surface area (Å²) in [5.41, 5.74) is 0. The van der Waals surface area contributed by atoms with Crippen molar-refractivity contribution in [1.82, 2.24) is 9.21 Å². The maximum absolute atomic E-state index is 13.0. The maximum atomic E-state index is 13.0. The van der Waals surface area contributed by atoms with Gasteiger partial charge in [-0.1, -0.05) is 0 Å². The summed E-state index contributed by atoms with van der Waals surface area (Å²) < 4.78 is 37.9. The summed E-state index contributed by atoms with van der Waals surface area (Å²) in [6.45, 7) is 2.25. The summed E-state index contributed by atoms with van der Waals surface area (Å²) in [6.07, 6.45) is 3.50. The quantitative estimate of drug-likeness (QED) is 0.775. The van der Waals surface area contributed by atoms with Crippen LogP contribution in [0.1, 0.15) is 25.7 Å². The Balaban J connectivity index is 1.79. The molecular formula is C18H26N2O5S. The number of piperidine rings is 1. The number of methoxy groups -OCH3 is 2.